The van der Waals surface area contributed by atoms with Crippen molar-refractivity contribution in [2.45, 2.75) is 19.3 Å². The van der Waals surface area contributed by atoms with Crippen LogP contribution in [0.15, 0.2) is 30.6 Å². The van der Waals surface area contributed by atoms with Crippen molar-refractivity contribution in [3.63, 3.8) is 0 Å². The number of hydrogen-bond acceptors (Lipinski definition) is 6. The van der Waals surface area contributed by atoms with Crippen LogP contribution in [0.3, 0.4) is 0 Å². The van der Waals surface area contributed by atoms with E-state index in [2.05, 4.69) is 27.2 Å². The smallest absolute Gasteiger partial charge is 0.227 e. The molecule has 5 rings (SSSR count). The van der Waals surface area contributed by atoms with E-state index in [1.54, 1.807) is 24.1 Å². The Labute approximate surface area is 200 Å². The van der Waals surface area contributed by atoms with Crippen LogP contribution in [-0.4, -0.2) is 54.6 Å². The lowest BCUT2D eigenvalue weighted by molar-refractivity contribution is -0.118. The minimum Gasteiger partial charge on any atom is -0.494 e. The highest BCUT2D eigenvalue weighted by atomic mass is 35.5. The summed E-state index contributed by atoms with van der Waals surface area (Å²) < 4.78 is 33.7. The van der Waals surface area contributed by atoms with Crippen molar-refractivity contribution >= 4 is 45.6 Å². The molecule has 0 radical (unpaired) electrons. The maximum Gasteiger partial charge on any atom is 0.227 e. The number of hydrogen-bond donors (Lipinski definition) is 1. The van der Waals surface area contributed by atoms with E-state index in [0.717, 1.165) is 32.0 Å². The SMILES string of the molecule is COc1cc2ncnc(Nc3ccc(F)c(Cl)c3F)c2cc1N1CC2(CCN(C)CC2)CC1=O. The van der Waals surface area contributed by atoms with Crippen molar-refractivity contribution in [1.29, 1.82) is 0 Å². The summed E-state index contributed by atoms with van der Waals surface area (Å²) in [7, 11) is 3.65. The molecular weight excluding hydrogens is 464 g/mol. The predicted molar refractivity (Wildman–Crippen MR) is 127 cm³/mol. The third-order valence-electron chi connectivity index (χ3n) is 6.88. The Bertz CT molecular complexity index is 1280. The highest BCUT2D eigenvalue weighted by molar-refractivity contribution is 6.31. The summed E-state index contributed by atoms with van der Waals surface area (Å²) >= 11 is 5.73. The molecule has 1 aromatic heterocycles. The summed E-state index contributed by atoms with van der Waals surface area (Å²) in [6, 6.07) is 5.85. The second kappa shape index (κ2) is 8.63. The molecule has 1 spiro atoms. The van der Waals surface area contributed by atoms with Crippen LogP contribution in [-0.2, 0) is 4.79 Å². The first-order valence-electron chi connectivity index (χ1n) is 11.0. The lowest BCUT2D eigenvalue weighted by atomic mass is 9.78. The fourth-order valence-corrected chi connectivity index (χ4v) is 5.00. The molecular formula is C24H24ClF2N5O2. The third kappa shape index (κ3) is 3.92. The molecule has 7 nitrogen and oxygen atoms in total. The molecule has 0 unspecified atom stereocenters. The van der Waals surface area contributed by atoms with Crippen LogP contribution in [0.1, 0.15) is 19.3 Å². The van der Waals surface area contributed by atoms with E-state index in [9.17, 15) is 13.6 Å². The highest BCUT2D eigenvalue weighted by Crippen LogP contribution is 2.45. The monoisotopic (exact) mass is 487 g/mol. The number of rotatable bonds is 4. The van der Waals surface area contributed by atoms with Gasteiger partial charge in [-0.05, 0) is 56.6 Å². The van der Waals surface area contributed by atoms with Crippen LogP contribution in [0.5, 0.6) is 5.75 Å². The molecule has 1 amide bonds. The van der Waals surface area contributed by atoms with Gasteiger partial charge in [0.05, 0.1) is 24.0 Å². The number of nitrogens with one attached hydrogen (secondary N) is 1. The number of fused-ring (bicyclic) bond motifs is 1. The van der Waals surface area contributed by atoms with Crippen molar-refractivity contribution in [2.24, 2.45) is 5.41 Å². The number of anilines is 3. The number of halogens is 3. The van der Waals surface area contributed by atoms with Gasteiger partial charge in [-0.3, -0.25) is 4.79 Å². The van der Waals surface area contributed by atoms with E-state index in [0.29, 0.717) is 41.1 Å². The molecule has 178 valence electrons. The Morgan fingerprint density at radius 2 is 1.94 bits per heavy atom. The molecule has 3 heterocycles. The summed E-state index contributed by atoms with van der Waals surface area (Å²) in [4.78, 5) is 25.7. The maximum atomic E-state index is 14.5. The van der Waals surface area contributed by atoms with Crippen LogP contribution in [0.4, 0.5) is 26.0 Å². The quantitative estimate of drug-likeness (QED) is 0.535. The van der Waals surface area contributed by atoms with Gasteiger partial charge in [-0.1, -0.05) is 11.6 Å². The van der Waals surface area contributed by atoms with Gasteiger partial charge in [0, 0.05) is 24.4 Å². The van der Waals surface area contributed by atoms with Crippen molar-refractivity contribution in [2.75, 3.05) is 44.0 Å². The standard InChI is InChI=1S/C24H24ClF2N5O2/c1-31-7-5-24(6-8-31)11-20(33)32(12-24)18-9-14-17(10-19(18)34-2)28-13-29-23(14)30-16-4-3-15(26)21(25)22(16)27/h3-4,9-10,13H,5-8,11-12H2,1-2H3,(H,28,29,30). The molecule has 2 aliphatic heterocycles. The average molecular weight is 488 g/mol. The molecule has 2 fully saturated rings. The largest absolute Gasteiger partial charge is 0.494 e. The van der Waals surface area contributed by atoms with Crippen molar-refractivity contribution < 1.29 is 18.3 Å². The molecule has 0 aliphatic carbocycles. The van der Waals surface area contributed by atoms with Crippen molar-refractivity contribution in [3.05, 3.63) is 47.2 Å². The molecule has 2 aliphatic rings. The fraction of sp³-hybridized carbons (Fsp3) is 0.375. The molecule has 34 heavy (non-hydrogen) atoms. The van der Waals surface area contributed by atoms with Gasteiger partial charge in [-0.2, -0.15) is 0 Å². The van der Waals surface area contributed by atoms with Gasteiger partial charge < -0.3 is 19.9 Å². The van der Waals surface area contributed by atoms with E-state index in [4.69, 9.17) is 16.3 Å². The number of aromatic nitrogens is 2. The van der Waals surface area contributed by atoms with Crippen molar-refractivity contribution in [1.82, 2.24) is 14.9 Å². The van der Waals surface area contributed by atoms with E-state index in [1.165, 1.54) is 12.4 Å². The van der Waals surface area contributed by atoms with Gasteiger partial charge in [0.1, 0.15) is 28.7 Å². The minimum absolute atomic E-state index is 0.0219. The molecule has 1 N–H and O–H groups in total. The van der Waals surface area contributed by atoms with Crippen LogP contribution < -0.4 is 15.0 Å². The highest BCUT2D eigenvalue weighted by Gasteiger charge is 2.45. The zero-order valence-electron chi connectivity index (χ0n) is 18.9. The molecule has 0 bridgehead atoms. The number of methoxy groups -OCH3 is 1. The van der Waals surface area contributed by atoms with Gasteiger partial charge >= 0.3 is 0 Å². The summed E-state index contributed by atoms with van der Waals surface area (Å²) in [6.45, 7) is 2.54. The predicted octanol–water partition coefficient (Wildman–Crippen LogP) is 4.76. The molecule has 0 saturated carbocycles. The molecule has 0 atom stereocenters. The topological polar surface area (TPSA) is 70.6 Å². The number of benzene rings is 2. The lowest BCUT2D eigenvalue weighted by Gasteiger charge is -2.37. The van der Waals surface area contributed by atoms with Gasteiger partial charge in [0.2, 0.25) is 5.91 Å². The molecule has 10 heteroatoms. The number of likely N-dealkylation sites (tertiary alicyclic amines) is 1. The van der Waals surface area contributed by atoms with Crippen LogP contribution in [0.25, 0.3) is 10.9 Å². The Morgan fingerprint density at radius 3 is 2.68 bits per heavy atom. The fourth-order valence-electron chi connectivity index (χ4n) is 4.84. The Morgan fingerprint density at radius 1 is 1.18 bits per heavy atom. The summed E-state index contributed by atoms with van der Waals surface area (Å²) in [5, 5.41) is 2.85. The van der Waals surface area contributed by atoms with E-state index >= 15 is 0 Å². The van der Waals surface area contributed by atoms with E-state index in [1.807, 2.05) is 0 Å². The van der Waals surface area contributed by atoms with Gasteiger partial charge in [-0.25, -0.2) is 18.7 Å². The van der Waals surface area contributed by atoms with Gasteiger partial charge in [0.25, 0.3) is 0 Å². The second-order valence-electron chi connectivity index (χ2n) is 9.07. The van der Waals surface area contributed by atoms with E-state index < -0.39 is 16.7 Å². The number of ether oxygens (including phenoxy) is 1. The summed E-state index contributed by atoms with van der Waals surface area (Å²) in [6.07, 6.45) is 3.75. The van der Waals surface area contributed by atoms with Crippen molar-refractivity contribution in [3.8, 4) is 5.75 Å². The molecule has 2 saturated heterocycles. The maximum absolute atomic E-state index is 14.5. The summed E-state index contributed by atoms with van der Waals surface area (Å²) in [5.41, 5.74) is 1.09. The number of amides is 1. The zero-order chi connectivity index (χ0) is 24.0. The van der Waals surface area contributed by atoms with Crippen LogP contribution in [0.2, 0.25) is 5.02 Å². The van der Waals surface area contributed by atoms with Gasteiger partial charge in [0.15, 0.2) is 5.82 Å². The Hall–Kier alpha value is -3.04. The number of carbonyl (C=O) groups is 1. The molecule has 3 aromatic rings. The number of carbonyl (C=O) groups excluding carboxylic acids is 1. The first-order chi connectivity index (χ1) is 16.3. The number of nitrogens with zero attached hydrogens (tertiary/aromatic N) is 4. The minimum atomic E-state index is -0.916. The lowest BCUT2D eigenvalue weighted by Crippen LogP contribution is -2.39. The van der Waals surface area contributed by atoms with Crippen LogP contribution >= 0.6 is 11.6 Å². The van der Waals surface area contributed by atoms with E-state index in [-0.39, 0.29) is 17.0 Å². The number of piperidine rings is 1. The Kier molecular flexibility index (Phi) is 5.77. The normalized spacial score (nSPS) is 18.1. The second-order valence-corrected chi connectivity index (χ2v) is 9.45. The molecule has 2 aromatic carbocycles. The van der Waals surface area contributed by atoms with Gasteiger partial charge in [-0.15, -0.1) is 0 Å². The zero-order valence-corrected chi connectivity index (χ0v) is 19.6. The average Bonchev–Trinajstić information content (AvgIpc) is 3.16. The Balaban J connectivity index is 1.55. The first kappa shape index (κ1) is 22.7. The van der Waals surface area contributed by atoms with Crippen LogP contribution in [0, 0.1) is 17.0 Å². The summed E-state index contributed by atoms with van der Waals surface area (Å²) in [5.74, 6) is -0.895. The third-order valence-corrected chi connectivity index (χ3v) is 7.23. The first-order valence-corrected chi connectivity index (χ1v) is 11.4.